The van der Waals surface area contributed by atoms with E-state index in [1.807, 2.05) is 24.3 Å². The molecule has 2 aromatic rings. The van der Waals surface area contributed by atoms with Crippen molar-refractivity contribution in [2.24, 2.45) is 0 Å². The first-order chi connectivity index (χ1) is 10.8. The quantitative estimate of drug-likeness (QED) is 0.581. The molecule has 0 fully saturated rings. The van der Waals surface area contributed by atoms with Crippen molar-refractivity contribution >= 4 is 24.0 Å². The van der Waals surface area contributed by atoms with Crippen LogP contribution >= 0.6 is 24.0 Å². The van der Waals surface area contributed by atoms with Crippen LogP contribution in [-0.2, 0) is 0 Å². The van der Waals surface area contributed by atoms with Gasteiger partial charge in [0.05, 0.1) is 0 Å². The molecule has 0 aliphatic rings. The first kappa shape index (κ1) is 19.8. The summed E-state index contributed by atoms with van der Waals surface area (Å²) in [5.74, 6) is 1.61. The molecule has 2 aromatic carbocycles. The van der Waals surface area contributed by atoms with Crippen LogP contribution in [-0.4, -0.2) is 37.0 Å². The van der Waals surface area contributed by atoms with Gasteiger partial charge in [-0.05, 0) is 24.6 Å². The van der Waals surface area contributed by atoms with Gasteiger partial charge in [-0.2, -0.15) is 0 Å². The van der Waals surface area contributed by atoms with Gasteiger partial charge in [-0.15, -0.1) is 24.0 Å². The van der Waals surface area contributed by atoms with Gasteiger partial charge in [0.25, 0.3) is 0 Å². The van der Waals surface area contributed by atoms with Crippen molar-refractivity contribution in [1.82, 2.24) is 4.90 Å². The molecule has 0 spiro atoms. The number of rotatable bonds is 9. The highest BCUT2D eigenvalue weighted by Crippen LogP contribution is 2.29. The standard InChI is InChI=1S/C19H24ClNO.ClH/c1-2-13-21(14-12-20)15-16-22-19-11-7-6-10-18(19)17-8-4-3-5-9-17;/h3-11H,2,12-16H2,1H3;1H. The molecule has 0 saturated carbocycles. The Morgan fingerprint density at radius 1 is 0.913 bits per heavy atom. The van der Waals surface area contributed by atoms with Crippen LogP contribution in [0.15, 0.2) is 54.6 Å². The fourth-order valence-electron chi connectivity index (χ4n) is 2.50. The molecule has 23 heavy (non-hydrogen) atoms. The van der Waals surface area contributed by atoms with Gasteiger partial charge in [0.15, 0.2) is 0 Å². The number of alkyl halides is 1. The number of halogens is 2. The molecule has 4 heteroatoms. The zero-order chi connectivity index (χ0) is 15.6. The lowest BCUT2D eigenvalue weighted by atomic mass is 10.1. The molecule has 0 unspecified atom stereocenters. The van der Waals surface area contributed by atoms with Gasteiger partial charge in [0.1, 0.15) is 12.4 Å². The zero-order valence-electron chi connectivity index (χ0n) is 13.6. The lowest BCUT2D eigenvalue weighted by Crippen LogP contribution is -2.31. The minimum atomic E-state index is 0. The minimum absolute atomic E-state index is 0. The van der Waals surface area contributed by atoms with Crippen LogP contribution in [0.25, 0.3) is 11.1 Å². The molecule has 0 bridgehead atoms. The average molecular weight is 354 g/mol. The summed E-state index contributed by atoms with van der Waals surface area (Å²) in [6, 6.07) is 18.6. The fourth-order valence-corrected chi connectivity index (χ4v) is 2.74. The second-order valence-electron chi connectivity index (χ2n) is 5.24. The van der Waals surface area contributed by atoms with Gasteiger partial charge >= 0.3 is 0 Å². The summed E-state index contributed by atoms with van der Waals surface area (Å²) in [6.07, 6.45) is 1.14. The normalized spacial score (nSPS) is 10.4. The molecular weight excluding hydrogens is 329 g/mol. The second kappa shape index (κ2) is 11.3. The van der Waals surface area contributed by atoms with Crippen LogP contribution in [0, 0.1) is 0 Å². The number of para-hydroxylation sites is 1. The molecule has 126 valence electrons. The van der Waals surface area contributed by atoms with Crippen LogP contribution in [0.5, 0.6) is 5.75 Å². The summed E-state index contributed by atoms with van der Waals surface area (Å²) in [7, 11) is 0. The number of benzene rings is 2. The summed E-state index contributed by atoms with van der Waals surface area (Å²) in [6.45, 7) is 5.76. The monoisotopic (exact) mass is 353 g/mol. The van der Waals surface area contributed by atoms with E-state index < -0.39 is 0 Å². The highest BCUT2D eigenvalue weighted by atomic mass is 35.5. The maximum absolute atomic E-state index is 6.03. The van der Waals surface area contributed by atoms with Gasteiger partial charge in [0.2, 0.25) is 0 Å². The molecular formula is C19H25Cl2NO. The number of ether oxygens (including phenoxy) is 1. The van der Waals surface area contributed by atoms with Crippen LogP contribution in [0.3, 0.4) is 0 Å². The predicted octanol–water partition coefficient (Wildman–Crippen LogP) is 5.11. The molecule has 0 atom stereocenters. The van der Waals surface area contributed by atoms with Crippen molar-refractivity contribution < 1.29 is 4.74 Å². The average Bonchev–Trinajstić information content (AvgIpc) is 2.56. The molecule has 2 nitrogen and oxygen atoms in total. The summed E-state index contributed by atoms with van der Waals surface area (Å²) < 4.78 is 6.03. The first-order valence-electron chi connectivity index (χ1n) is 7.90. The Hall–Kier alpha value is -1.22. The van der Waals surface area contributed by atoms with Gasteiger partial charge in [-0.1, -0.05) is 55.5 Å². The van der Waals surface area contributed by atoms with Crippen LogP contribution < -0.4 is 4.74 Å². The first-order valence-corrected chi connectivity index (χ1v) is 8.44. The summed E-state index contributed by atoms with van der Waals surface area (Å²) >= 11 is 5.85. The molecule has 0 heterocycles. The lowest BCUT2D eigenvalue weighted by Gasteiger charge is -2.21. The SMILES string of the molecule is CCCN(CCCl)CCOc1ccccc1-c1ccccc1.Cl. The van der Waals surface area contributed by atoms with Crippen LogP contribution in [0.4, 0.5) is 0 Å². The van der Waals surface area contributed by atoms with Crippen LogP contribution in [0.2, 0.25) is 0 Å². The Balaban J connectivity index is 0.00000264. The maximum atomic E-state index is 6.03. The maximum Gasteiger partial charge on any atom is 0.127 e. The van der Waals surface area contributed by atoms with Crippen LogP contribution in [0.1, 0.15) is 13.3 Å². The zero-order valence-corrected chi connectivity index (χ0v) is 15.2. The van der Waals surface area contributed by atoms with Crippen molar-refractivity contribution in [1.29, 1.82) is 0 Å². The highest BCUT2D eigenvalue weighted by molar-refractivity contribution is 6.18. The van der Waals surface area contributed by atoms with Crippen molar-refractivity contribution in [3.63, 3.8) is 0 Å². The Bertz CT molecular complexity index is 542. The van der Waals surface area contributed by atoms with E-state index in [0.29, 0.717) is 12.5 Å². The number of nitrogens with zero attached hydrogens (tertiary/aromatic N) is 1. The van der Waals surface area contributed by atoms with E-state index in [-0.39, 0.29) is 12.4 Å². The fraction of sp³-hybridized carbons (Fsp3) is 0.368. The topological polar surface area (TPSA) is 12.5 Å². The van der Waals surface area contributed by atoms with E-state index in [9.17, 15) is 0 Å². The smallest absolute Gasteiger partial charge is 0.127 e. The minimum Gasteiger partial charge on any atom is -0.492 e. The van der Waals surface area contributed by atoms with E-state index in [0.717, 1.165) is 37.4 Å². The van der Waals surface area contributed by atoms with Gasteiger partial charge in [-0.3, -0.25) is 4.90 Å². The van der Waals surface area contributed by atoms with E-state index in [4.69, 9.17) is 16.3 Å². The highest BCUT2D eigenvalue weighted by Gasteiger charge is 2.07. The van der Waals surface area contributed by atoms with E-state index in [1.54, 1.807) is 0 Å². The molecule has 0 saturated heterocycles. The largest absolute Gasteiger partial charge is 0.492 e. The summed E-state index contributed by atoms with van der Waals surface area (Å²) in [4.78, 5) is 2.35. The van der Waals surface area contributed by atoms with E-state index in [1.165, 1.54) is 5.56 Å². The Kier molecular flexibility index (Phi) is 9.77. The Labute approximate surface area is 150 Å². The van der Waals surface area contributed by atoms with E-state index in [2.05, 4.69) is 42.2 Å². The number of hydrogen-bond acceptors (Lipinski definition) is 2. The predicted molar refractivity (Wildman–Crippen MR) is 102 cm³/mol. The summed E-state index contributed by atoms with van der Waals surface area (Å²) in [5, 5.41) is 0. The third-order valence-corrected chi connectivity index (χ3v) is 3.75. The van der Waals surface area contributed by atoms with Crippen molar-refractivity contribution in [3.8, 4) is 16.9 Å². The molecule has 0 aliphatic carbocycles. The Morgan fingerprint density at radius 2 is 1.61 bits per heavy atom. The molecule has 0 amide bonds. The second-order valence-corrected chi connectivity index (χ2v) is 5.62. The van der Waals surface area contributed by atoms with E-state index >= 15 is 0 Å². The third kappa shape index (κ3) is 6.42. The molecule has 2 rings (SSSR count). The Morgan fingerprint density at radius 3 is 2.30 bits per heavy atom. The third-order valence-electron chi connectivity index (χ3n) is 3.58. The van der Waals surface area contributed by atoms with Crippen molar-refractivity contribution in [3.05, 3.63) is 54.6 Å². The van der Waals surface area contributed by atoms with Gasteiger partial charge in [-0.25, -0.2) is 0 Å². The van der Waals surface area contributed by atoms with Crippen molar-refractivity contribution in [2.45, 2.75) is 13.3 Å². The van der Waals surface area contributed by atoms with Gasteiger partial charge in [0, 0.05) is 24.5 Å². The molecule has 0 N–H and O–H groups in total. The van der Waals surface area contributed by atoms with Gasteiger partial charge < -0.3 is 4.74 Å². The number of hydrogen-bond donors (Lipinski definition) is 0. The summed E-state index contributed by atoms with van der Waals surface area (Å²) in [5.41, 5.74) is 2.33. The molecule has 0 aromatic heterocycles. The lowest BCUT2D eigenvalue weighted by molar-refractivity contribution is 0.217. The van der Waals surface area contributed by atoms with Crippen molar-refractivity contribution in [2.75, 3.05) is 32.1 Å². The molecule has 0 aliphatic heterocycles. The molecule has 0 radical (unpaired) electrons.